The van der Waals surface area contributed by atoms with Crippen LogP contribution in [-0.4, -0.2) is 38.5 Å². The minimum atomic E-state index is -3.95. The van der Waals surface area contributed by atoms with Crippen LogP contribution in [0.25, 0.3) is 0 Å². The highest BCUT2D eigenvalue weighted by Gasteiger charge is 2.27. The first kappa shape index (κ1) is 20.2. The predicted octanol–water partition coefficient (Wildman–Crippen LogP) is 2.19. The molecule has 2 N–H and O–H groups in total. The van der Waals surface area contributed by atoms with E-state index in [1.807, 2.05) is 6.92 Å². The molecule has 0 fully saturated rings. The zero-order chi connectivity index (χ0) is 20.0. The Kier molecular flexibility index (Phi) is 6.36. The van der Waals surface area contributed by atoms with Crippen molar-refractivity contribution in [2.45, 2.75) is 11.8 Å². The van der Waals surface area contributed by atoms with Gasteiger partial charge in [-0.3, -0.25) is 13.9 Å². The number of carbonyl (C=O) groups is 2. The second kappa shape index (κ2) is 8.50. The van der Waals surface area contributed by atoms with Gasteiger partial charge in [-0.15, -0.1) is 6.58 Å². The van der Waals surface area contributed by atoms with Gasteiger partial charge in [-0.05, 0) is 31.2 Å². The van der Waals surface area contributed by atoms with Gasteiger partial charge in [-0.1, -0.05) is 35.9 Å². The fraction of sp³-hybridized carbons (Fsp3) is 0.158. The van der Waals surface area contributed by atoms with Crippen LogP contribution in [0, 0.1) is 6.92 Å². The molecule has 0 radical (unpaired) electrons. The summed E-state index contributed by atoms with van der Waals surface area (Å²) in [4.78, 5) is 23.1. The van der Waals surface area contributed by atoms with Crippen molar-refractivity contribution >= 4 is 27.6 Å². The van der Waals surface area contributed by atoms with Crippen molar-refractivity contribution in [2.24, 2.45) is 0 Å². The molecule has 2 rings (SSSR count). The number of aryl methyl sites for hydroxylation is 1. The minimum Gasteiger partial charge on any atom is -0.480 e. The lowest BCUT2D eigenvalue weighted by Gasteiger charge is -2.25. The third kappa shape index (κ3) is 4.73. The van der Waals surface area contributed by atoms with Crippen LogP contribution < -0.4 is 9.62 Å². The topological polar surface area (TPSA) is 104 Å². The Morgan fingerprint density at radius 3 is 2.37 bits per heavy atom. The molecule has 0 unspecified atom stereocenters. The highest BCUT2D eigenvalue weighted by atomic mass is 32.2. The highest BCUT2D eigenvalue weighted by Crippen LogP contribution is 2.27. The largest absolute Gasteiger partial charge is 0.480 e. The summed E-state index contributed by atoms with van der Waals surface area (Å²) in [5.74, 6) is -1.88. The van der Waals surface area contributed by atoms with Gasteiger partial charge in [0, 0.05) is 0 Å². The number of carbonyl (C=O) groups excluding carboxylic acids is 1. The van der Waals surface area contributed by atoms with Crippen molar-refractivity contribution in [1.82, 2.24) is 5.32 Å². The number of hydrogen-bond donors (Lipinski definition) is 2. The zero-order valence-electron chi connectivity index (χ0n) is 14.8. The number of sulfonamides is 1. The molecule has 2 aromatic rings. The number of carboxylic acids is 1. The molecule has 7 nitrogen and oxygen atoms in total. The van der Waals surface area contributed by atoms with Gasteiger partial charge >= 0.3 is 5.97 Å². The lowest BCUT2D eigenvalue weighted by atomic mass is 10.1. The number of amides is 1. The molecule has 0 saturated heterocycles. The van der Waals surface area contributed by atoms with Crippen LogP contribution in [0.5, 0.6) is 0 Å². The van der Waals surface area contributed by atoms with Crippen LogP contribution in [0.2, 0.25) is 0 Å². The monoisotopic (exact) mass is 388 g/mol. The normalized spacial score (nSPS) is 10.9. The Balaban J connectivity index is 2.51. The van der Waals surface area contributed by atoms with E-state index in [9.17, 15) is 18.0 Å². The van der Waals surface area contributed by atoms with Crippen molar-refractivity contribution in [1.29, 1.82) is 0 Å². The van der Waals surface area contributed by atoms with Gasteiger partial charge in [0.15, 0.2) is 0 Å². The van der Waals surface area contributed by atoms with Crippen molar-refractivity contribution in [2.75, 3.05) is 17.4 Å². The Labute approximate surface area is 158 Å². The molecule has 0 heterocycles. The molecule has 8 heteroatoms. The SMILES string of the molecule is C=CCN(c1ccccc1C(=O)NCC(=O)O)S(=O)(=O)c1ccc(C)cc1. The summed E-state index contributed by atoms with van der Waals surface area (Å²) < 4.78 is 27.3. The van der Waals surface area contributed by atoms with E-state index in [1.165, 1.54) is 30.3 Å². The average Bonchev–Trinajstić information content (AvgIpc) is 2.64. The van der Waals surface area contributed by atoms with E-state index in [1.54, 1.807) is 24.3 Å². The first-order valence-electron chi connectivity index (χ1n) is 8.06. The number of carboxylic acid groups (broad SMARTS) is 1. The molecule has 1 amide bonds. The van der Waals surface area contributed by atoms with Gasteiger partial charge in [0.05, 0.1) is 22.7 Å². The molecule has 0 bridgehead atoms. The molecule has 0 atom stereocenters. The second-order valence-electron chi connectivity index (χ2n) is 5.73. The maximum absolute atomic E-state index is 13.1. The van der Waals surface area contributed by atoms with Crippen LogP contribution in [0.15, 0.2) is 66.1 Å². The molecule has 0 aliphatic heterocycles. The predicted molar refractivity (Wildman–Crippen MR) is 102 cm³/mol. The maximum atomic E-state index is 13.1. The first-order valence-corrected chi connectivity index (χ1v) is 9.50. The summed E-state index contributed by atoms with van der Waals surface area (Å²) in [7, 11) is -3.95. The summed E-state index contributed by atoms with van der Waals surface area (Å²) in [5.41, 5.74) is 1.11. The molecule has 27 heavy (non-hydrogen) atoms. The van der Waals surface area contributed by atoms with Crippen molar-refractivity contribution in [3.8, 4) is 0 Å². The Bertz CT molecular complexity index is 952. The van der Waals surface area contributed by atoms with Gasteiger partial charge < -0.3 is 10.4 Å². The summed E-state index contributed by atoms with van der Waals surface area (Å²) >= 11 is 0. The van der Waals surface area contributed by atoms with E-state index in [2.05, 4.69) is 11.9 Å². The molecule has 142 valence electrons. The van der Waals surface area contributed by atoms with Crippen molar-refractivity contribution in [3.05, 3.63) is 72.3 Å². The lowest BCUT2D eigenvalue weighted by Crippen LogP contribution is -2.35. The Hall–Kier alpha value is -3.13. The second-order valence-corrected chi connectivity index (χ2v) is 7.59. The first-order chi connectivity index (χ1) is 12.8. The Morgan fingerprint density at radius 2 is 1.78 bits per heavy atom. The van der Waals surface area contributed by atoms with Crippen LogP contribution in [-0.2, 0) is 14.8 Å². The van der Waals surface area contributed by atoms with Gasteiger partial charge in [0.25, 0.3) is 15.9 Å². The summed E-state index contributed by atoms with van der Waals surface area (Å²) in [6, 6.07) is 12.5. The van der Waals surface area contributed by atoms with Gasteiger partial charge in [0.2, 0.25) is 0 Å². The number of nitrogens with one attached hydrogen (secondary N) is 1. The minimum absolute atomic E-state index is 0.0521. The standard InChI is InChI=1S/C19H20N2O5S/c1-3-12-21(27(25,26)15-10-8-14(2)9-11-15)17-7-5-4-6-16(17)19(24)20-13-18(22)23/h3-11H,1,12-13H2,2H3,(H,20,24)(H,22,23). The van der Waals surface area contributed by atoms with E-state index < -0.39 is 28.4 Å². The number of benzene rings is 2. The molecular formula is C19H20N2O5S. The molecule has 0 aromatic heterocycles. The molecule has 2 aromatic carbocycles. The lowest BCUT2D eigenvalue weighted by molar-refractivity contribution is -0.135. The van der Waals surface area contributed by atoms with E-state index in [-0.39, 0.29) is 22.7 Å². The number of anilines is 1. The number of hydrogen-bond acceptors (Lipinski definition) is 4. The van der Waals surface area contributed by atoms with E-state index in [4.69, 9.17) is 5.11 Å². The van der Waals surface area contributed by atoms with E-state index in [0.29, 0.717) is 0 Å². The summed E-state index contributed by atoms with van der Waals surface area (Å²) in [6.45, 7) is 4.82. The third-order valence-electron chi connectivity index (χ3n) is 3.72. The fourth-order valence-corrected chi connectivity index (χ4v) is 3.87. The van der Waals surface area contributed by atoms with Crippen molar-refractivity contribution in [3.63, 3.8) is 0 Å². The third-order valence-corrected chi connectivity index (χ3v) is 5.52. The fourth-order valence-electron chi connectivity index (χ4n) is 2.41. The van der Waals surface area contributed by atoms with E-state index in [0.717, 1.165) is 9.87 Å². The van der Waals surface area contributed by atoms with Crippen LogP contribution in [0.4, 0.5) is 5.69 Å². The van der Waals surface area contributed by atoms with Gasteiger partial charge in [-0.2, -0.15) is 0 Å². The number of nitrogens with zero attached hydrogens (tertiary/aromatic N) is 1. The van der Waals surface area contributed by atoms with Crippen LogP contribution in [0.1, 0.15) is 15.9 Å². The molecular weight excluding hydrogens is 368 g/mol. The maximum Gasteiger partial charge on any atom is 0.322 e. The zero-order valence-corrected chi connectivity index (χ0v) is 15.6. The van der Waals surface area contributed by atoms with Crippen molar-refractivity contribution < 1.29 is 23.1 Å². The molecule has 0 spiro atoms. The van der Waals surface area contributed by atoms with E-state index >= 15 is 0 Å². The van der Waals surface area contributed by atoms with Crippen LogP contribution >= 0.6 is 0 Å². The average molecular weight is 388 g/mol. The summed E-state index contributed by atoms with van der Waals surface area (Å²) in [6.07, 6.45) is 1.41. The summed E-state index contributed by atoms with van der Waals surface area (Å²) in [5, 5.41) is 11.0. The number of aliphatic carboxylic acids is 1. The van der Waals surface area contributed by atoms with Gasteiger partial charge in [-0.25, -0.2) is 8.42 Å². The van der Waals surface area contributed by atoms with Gasteiger partial charge in [0.1, 0.15) is 6.54 Å². The highest BCUT2D eigenvalue weighted by molar-refractivity contribution is 7.92. The quantitative estimate of drug-likeness (QED) is 0.675. The Morgan fingerprint density at radius 1 is 1.15 bits per heavy atom. The molecule has 0 saturated carbocycles. The molecule has 0 aliphatic rings. The van der Waals surface area contributed by atoms with Crippen LogP contribution in [0.3, 0.4) is 0 Å². The molecule has 0 aliphatic carbocycles. The number of para-hydroxylation sites is 1. The number of rotatable bonds is 8. The smallest absolute Gasteiger partial charge is 0.322 e.